The Bertz CT molecular complexity index is 536. The van der Waals surface area contributed by atoms with Crippen molar-refractivity contribution in [1.82, 2.24) is 10.2 Å². The summed E-state index contributed by atoms with van der Waals surface area (Å²) in [5.41, 5.74) is 1.57. The predicted octanol–water partition coefficient (Wildman–Crippen LogP) is 3.42. The van der Waals surface area contributed by atoms with E-state index in [2.05, 4.69) is 17.6 Å². The van der Waals surface area contributed by atoms with Gasteiger partial charge in [0.25, 0.3) is 5.91 Å². The van der Waals surface area contributed by atoms with Gasteiger partial charge in [-0.25, -0.2) is 0 Å². The van der Waals surface area contributed by atoms with E-state index in [1.807, 2.05) is 29.2 Å². The van der Waals surface area contributed by atoms with Crippen molar-refractivity contribution >= 4 is 17.5 Å². The molecule has 0 atom stereocenters. The number of carbonyl (C=O) groups is 2. The summed E-state index contributed by atoms with van der Waals surface area (Å²) in [6.07, 6.45) is 8.16. The second-order valence-electron chi connectivity index (χ2n) is 6.69. The van der Waals surface area contributed by atoms with Crippen molar-refractivity contribution < 1.29 is 9.59 Å². The van der Waals surface area contributed by atoms with E-state index in [4.69, 9.17) is 0 Å². The van der Waals surface area contributed by atoms with E-state index in [-0.39, 0.29) is 18.4 Å². The Morgan fingerprint density at radius 3 is 2.36 bits per heavy atom. The molecule has 5 heteroatoms. The minimum atomic E-state index is 0.00714. The van der Waals surface area contributed by atoms with Crippen LogP contribution in [0.25, 0.3) is 0 Å². The molecule has 138 valence electrons. The normalized spacial score (nSPS) is 13.7. The first-order chi connectivity index (χ1) is 12.2. The molecule has 1 aliphatic rings. The summed E-state index contributed by atoms with van der Waals surface area (Å²) < 4.78 is 0. The summed E-state index contributed by atoms with van der Waals surface area (Å²) in [5.74, 6) is 0.109. The van der Waals surface area contributed by atoms with Crippen LogP contribution in [0, 0.1) is 0 Å². The second kappa shape index (κ2) is 10.7. The molecular formula is C20H31N3O2. The lowest BCUT2D eigenvalue weighted by atomic mass is 10.1. The van der Waals surface area contributed by atoms with Crippen LogP contribution in [-0.2, 0) is 4.79 Å². The van der Waals surface area contributed by atoms with Crippen LogP contribution < -0.4 is 10.6 Å². The number of carbonyl (C=O) groups excluding carboxylic acids is 2. The first-order valence-corrected chi connectivity index (χ1v) is 9.60. The van der Waals surface area contributed by atoms with Gasteiger partial charge in [-0.2, -0.15) is 0 Å². The van der Waals surface area contributed by atoms with Gasteiger partial charge in [0.1, 0.15) is 0 Å². The summed E-state index contributed by atoms with van der Waals surface area (Å²) in [6.45, 7) is 4.92. The van der Waals surface area contributed by atoms with E-state index >= 15 is 0 Å². The zero-order valence-electron chi connectivity index (χ0n) is 15.4. The molecule has 2 rings (SSSR count). The molecule has 0 aromatic heterocycles. The van der Waals surface area contributed by atoms with Crippen molar-refractivity contribution in [2.45, 2.75) is 51.9 Å². The standard InChI is InChI=1S/C20H31N3O2/c1-2-3-4-5-6-13-21-19(24)16-22-18-11-9-17(10-12-18)20(25)23-14-7-8-15-23/h9-12,22H,2-8,13-16H2,1H3,(H,21,24). The lowest BCUT2D eigenvalue weighted by Gasteiger charge is -2.15. The molecule has 1 aliphatic heterocycles. The Labute approximate surface area is 151 Å². The van der Waals surface area contributed by atoms with Crippen LogP contribution in [0.5, 0.6) is 0 Å². The molecule has 1 aromatic rings. The summed E-state index contributed by atoms with van der Waals surface area (Å²) in [4.78, 5) is 26.0. The summed E-state index contributed by atoms with van der Waals surface area (Å²) in [7, 11) is 0. The molecule has 0 spiro atoms. The maximum Gasteiger partial charge on any atom is 0.253 e. The van der Waals surface area contributed by atoms with E-state index in [1.165, 1.54) is 25.7 Å². The molecule has 1 aromatic carbocycles. The van der Waals surface area contributed by atoms with Gasteiger partial charge in [-0.3, -0.25) is 9.59 Å². The third-order valence-electron chi connectivity index (χ3n) is 4.58. The van der Waals surface area contributed by atoms with Crippen LogP contribution in [0.2, 0.25) is 0 Å². The Morgan fingerprint density at radius 2 is 1.68 bits per heavy atom. The van der Waals surface area contributed by atoms with Crippen LogP contribution in [0.4, 0.5) is 5.69 Å². The number of anilines is 1. The van der Waals surface area contributed by atoms with Gasteiger partial charge in [-0.1, -0.05) is 32.6 Å². The molecule has 1 saturated heterocycles. The number of benzene rings is 1. The smallest absolute Gasteiger partial charge is 0.253 e. The number of likely N-dealkylation sites (tertiary alicyclic amines) is 1. The summed E-state index contributed by atoms with van der Waals surface area (Å²) in [6, 6.07) is 7.38. The maximum absolute atomic E-state index is 12.3. The Hall–Kier alpha value is -2.04. The van der Waals surface area contributed by atoms with Gasteiger partial charge < -0.3 is 15.5 Å². The van der Waals surface area contributed by atoms with Gasteiger partial charge in [0.15, 0.2) is 0 Å². The minimum Gasteiger partial charge on any atom is -0.376 e. The number of nitrogens with zero attached hydrogens (tertiary/aromatic N) is 1. The van der Waals surface area contributed by atoms with Gasteiger partial charge in [-0.05, 0) is 43.5 Å². The van der Waals surface area contributed by atoms with E-state index in [0.717, 1.165) is 44.6 Å². The van der Waals surface area contributed by atoms with Crippen molar-refractivity contribution in [1.29, 1.82) is 0 Å². The van der Waals surface area contributed by atoms with Gasteiger partial charge in [0.05, 0.1) is 6.54 Å². The van der Waals surface area contributed by atoms with Crippen LogP contribution in [-0.4, -0.2) is 42.9 Å². The average molecular weight is 345 g/mol. The highest BCUT2D eigenvalue weighted by molar-refractivity contribution is 5.94. The fourth-order valence-corrected chi connectivity index (χ4v) is 3.03. The van der Waals surface area contributed by atoms with Crippen molar-refractivity contribution in [3.05, 3.63) is 29.8 Å². The first-order valence-electron chi connectivity index (χ1n) is 9.60. The molecule has 0 unspecified atom stereocenters. The van der Waals surface area contributed by atoms with Crippen LogP contribution in [0.1, 0.15) is 62.2 Å². The third kappa shape index (κ3) is 6.77. The van der Waals surface area contributed by atoms with Gasteiger partial charge in [0, 0.05) is 30.9 Å². The highest BCUT2D eigenvalue weighted by Crippen LogP contribution is 2.15. The zero-order chi connectivity index (χ0) is 17.9. The van der Waals surface area contributed by atoms with Gasteiger partial charge >= 0.3 is 0 Å². The van der Waals surface area contributed by atoms with Crippen LogP contribution >= 0.6 is 0 Å². The fraction of sp³-hybridized carbons (Fsp3) is 0.600. The van der Waals surface area contributed by atoms with E-state index in [9.17, 15) is 9.59 Å². The van der Waals surface area contributed by atoms with Crippen LogP contribution in [0.15, 0.2) is 24.3 Å². The van der Waals surface area contributed by atoms with Crippen LogP contribution in [0.3, 0.4) is 0 Å². The predicted molar refractivity (Wildman–Crippen MR) is 102 cm³/mol. The maximum atomic E-state index is 12.3. The number of rotatable bonds is 10. The molecule has 0 saturated carbocycles. The summed E-state index contributed by atoms with van der Waals surface area (Å²) in [5, 5.41) is 6.04. The van der Waals surface area contributed by atoms with Crippen molar-refractivity contribution in [2.75, 3.05) is 31.5 Å². The van der Waals surface area contributed by atoms with E-state index in [0.29, 0.717) is 5.56 Å². The third-order valence-corrected chi connectivity index (χ3v) is 4.58. The molecule has 1 heterocycles. The second-order valence-corrected chi connectivity index (χ2v) is 6.69. The molecule has 0 aliphatic carbocycles. The zero-order valence-corrected chi connectivity index (χ0v) is 15.4. The molecule has 0 bridgehead atoms. The van der Waals surface area contributed by atoms with Crippen molar-refractivity contribution in [3.63, 3.8) is 0 Å². The average Bonchev–Trinajstić information content (AvgIpc) is 3.17. The topological polar surface area (TPSA) is 61.4 Å². The molecular weight excluding hydrogens is 314 g/mol. The lowest BCUT2D eigenvalue weighted by molar-refractivity contribution is -0.119. The Balaban J connectivity index is 1.65. The molecule has 2 N–H and O–H groups in total. The molecule has 1 fully saturated rings. The monoisotopic (exact) mass is 345 g/mol. The number of hydrogen-bond donors (Lipinski definition) is 2. The fourth-order valence-electron chi connectivity index (χ4n) is 3.03. The number of hydrogen-bond acceptors (Lipinski definition) is 3. The van der Waals surface area contributed by atoms with E-state index < -0.39 is 0 Å². The summed E-state index contributed by atoms with van der Waals surface area (Å²) >= 11 is 0. The highest BCUT2D eigenvalue weighted by Gasteiger charge is 2.19. The van der Waals surface area contributed by atoms with E-state index in [1.54, 1.807) is 0 Å². The number of unbranched alkanes of at least 4 members (excludes halogenated alkanes) is 4. The van der Waals surface area contributed by atoms with Gasteiger partial charge in [-0.15, -0.1) is 0 Å². The van der Waals surface area contributed by atoms with Crippen molar-refractivity contribution in [2.24, 2.45) is 0 Å². The molecule has 5 nitrogen and oxygen atoms in total. The lowest BCUT2D eigenvalue weighted by Crippen LogP contribution is -2.30. The highest BCUT2D eigenvalue weighted by atomic mass is 16.2. The Kier molecular flexibility index (Phi) is 8.29. The number of nitrogens with one attached hydrogen (secondary N) is 2. The minimum absolute atomic E-state index is 0.00714. The molecule has 0 radical (unpaired) electrons. The molecule has 2 amide bonds. The quantitative estimate of drug-likeness (QED) is 0.639. The SMILES string of the molecule is CCCCCCCNC(=O)CNc1ccc(C(=O)N2CCCC2)cc1. The van der Waals surface area contributed by atoms with Crippen molar-refractivity contribution in [3.8, 4) is 0 Å². The first kappa shape index (κ1) is 19.3. The Morgan fingerprint density at radius 1 is 1.00 bits per heavy atom. The largest absolute Gasteiger partial charge is 0.376 e. The number of amides is 2. The molecule has 25 heavy (non-hydrogen) atoms. The van der Waals surface area contributed by atoms with Gasteiger partial charge in [0.2, 0.25) is 5.91 Å².